The zero-order valence-corrected chi connectivity index (χ0v) is 13.7. The number of benzene rings is 2. The number of carboxylic acid groups (broad SMARTS) is 1. The third-order valence-electron chi connectivity index (χ3n) is 5.05. The predicted molar refractivity (Wildman–Crippen MR) is 92.4 cm³/mol. The van der Waals surface area contributed by atoms with Crippen LogP contribution in [0.1, 0.15) is 36.3 Å². The minimum absolute atomic E-state index is 0.00720. The molecular formula is C20H19NO4. The van der Waals surface area contributed by atoms with E-state index in [1.165, 1.54) is 11.1 Å². The number of carbonyl (C=O) groups excluding carboxylic acids is 1. The standard InChI is InChI=1S/C20H19NO4/c22-18(23)11-20(9-10-20)21-19(24)25-12-17-15-7-3-1-5-13(15)14-6-2-4-8-16(14)17/h1-8,17H,9-12H2,(H,21,24)(H,22,23). The number of hydrogen-bond donors (Lipinski definition) is 2. The average Bonchev–Trinajstić information content (AvgIpc) is 3.25. The largest absolute Gasteiger partial charge is 0.481 e. The Morgan fingerprint density at radius 2 is 1.60 bits per heavy atom. The Balaban J connectivity index is 1.46. The summed E-state index contributed by atoms with van der Waals surface area (Å²) in [5.41, 5.74) is 4.05. The molecule has 2 aliphatic carbocycles. The highest BCUT2D eigenvalue weighted by Crippen LogP contribution is 2.44. The second kappa shape index (κ2) is 5.92. The molecular weight excluding hydrogens is 318 g/mol. The molecule has 2 N–H and O–H groups in total. The fourth-order valence-electron chi connectivity index (χ4n) is 3.64. The van der Waals surface area contributed by atoms with Gasteiger partial charge in [0.2, 0.25) is 0 Å². The molecule has 0 heterocycles. The van der Waals surface area contributed by atoms with E-state index in [4.69, 9.17) is 9.84 Å². The molecule has 2 aromatic rings. The molecule has 0 spiro atoms. The molecule has 0 saturated heterocycles. The van der Waals surface area contributed by atoms with Crippen LogP contribution < -0.4 is 5.32 Å². The Hall–Kier alpha value is -2.82. The van der Waals surface area contributed by atoms with Crippen LogP contribution in [-0.4, -0.2) is 29.3 Å². The third-order valence-corrected chi connectivity index (χ3v) is 5.05. The molecule has 0 aliphatic heterocycles. The van der Waals surface area contributed by atoms with E-state index in [-0.39, 0.29) is 18.9 Å². The maximum atomic E-state index is 12.1. The van der Waals surface area contributed by atoms with E-state index in [0.717, 1.165) is 11.1 Å². The van der Waals surface area contributed by atoms with Gasteiger partial charge in [0.1, 0.15) is 6.61 Å². The van der Waals surface area contributed by atoms with Crippen LogP contribution in [0.15, 0.2) is 48.5 Å². The van der Waals surface area contributed by atoms with Gasteiger partial charge in [-0.15, -0.1) is 0 Å². The molecule has 0 unspecified atom stereocenters. The van der Waals surface area contributed by atoms with E-state index in [1.54, 1.807) is 0 Å². The predicted octanol–water partition coefficient (Wildman–Crippen LogP) is 3.53. The van der Waals surface area contributed by atoms with Crippen molar-refractivity contribution in [2.45, 2.75) is 30.7 Å². The lowest BCUT2D eigenvalue weighted by Crippen LogP contribution is -2.39. The SMILES string of the molecule is O=C(O)CC1(NC(=O)OCC2c3ccccc3-c3ccccc32)CC1. The lowest BCUT2D eigenvalue weighted by molar-refractivity contribution is -0.137. The summed E-state index contributed by atoms with van der Waals surface area (Å²) in [6.07, 6.45) is 0.769. The lowest BCUT2D eigenvalue weighted by atomic mass is 9.98. The molecule has 1 amide bonds. The normalized spacial score (nSPS) is 16.6. The topological polar surface area (TPSA) is 75.6 Å². The van der Waals surface area contributed by atoms with Crippen molar-refractivity contribution in [2.75, 3.05) is 6.61 Å². The maximum Gasteiger partial charge on any atom is 0.407 e. The number of rotatable bonds is 5. The lowest BCUT2D eigenvalue weighted by Gasteiger charge is -2.18. The molecule has 128 valence electrons. The first-order chi connectivity index (χ1) is 12.1. The highest BCUT2D eigenvalue weighted by Gasteiger charge is 2.46. The molecule has 25 heavy (non-hydrogen) atoms. The molecule has 0 bridgehead atoms. The Kier molecular flexibility index (Phi) is 3.71. The first-order valence-electron chi connectivity index (χ1n) is 8.43. The van der Waals surface area contributed by atoms with Gasteiger partial charge in [0.15, 0.2) is 0 Å². The summed E-state index contributed by atoms with van der Waals surface area (Å²) in [5.74, 6) is -0.899. The third kappa shape index (κ3) is 2.97. The number of fused-ring (bicyclic) bond motifs is 3. The number of amides is 1. The summed E-state index contributed by atoms with van der Waals surface area (Å²) in [4.78, 5) is 23.0. The molecule has 4 rings (SSSR count). The van der Waals surface area contributed by atoms with Gasteiger partial charge < -0.3 is 15.2 Å². The first kappa shape index (κ1) is 15.7. The van der Waals surface area contributed by atoms with Gasteiger partial charge in [0.25, 0.3) is 0 Å². The second-order valence-corrected chi connectivity index (χ2v) is 6.80. The van der Waals surface area contributed by atoms with Crippen molar-refractivity contribution in [1.29, 1.82) is 0 Å². The Bertz CT molecular complexity index is 796. The highest BCUT2D eigenvalue weighted by molar-refractivity contribution is 5.79. The zero-order valence-electron chi connectivity index (χ0n) is 13.7. The molecule has 5 nitrogen and oxygen atoms in total. The van der Waals surface area contributed by atoms with Crippen molar-refractivity contribution in [1.82, 2.24) is 5.32 Å². The van der Waals surface area contributed by atoms with Crippen molar-refractivity contribution in [3.8, 4) is 11.1 Å². The molecule has 0 aromatic heterocycles. The van der Waals surface area contributed by atoms with Crippen molar-refractivity contribution in [2.24, 2.45) is 0 Å². The second-order valence-electron chi connectivity index (χ2n) is 6.80. The minimum Gasteiger partial charge on any atom is -0.481 e. The zero-order chi connectivity index (χ0) is 17.4. The summed E-state index contributed by atoms with van der Waals surface area (Å²) in [6.45, 7) is 0.239. The van der Waals surface area contributed by atoms with E-state index in [0.29, 0.717) is 12.8 Å². The fourth-order valence-corrected chi connectivity index (χ4v) is 3.64. The van der Waals surface area contributed by atoms with Crippen LogP contribution in [0.3, 0.4) is 0 Å². The number of nitrogens with one attached hydrogen (secondary N) is 1. The van der Waals surface area contributed by atoms with Crippen LogP contribution in [0.2, 0.25) is 0 Å². The van der Waals surface area contributed by atoms with Gasteiger partial charge in [-0.25, -0.2) is 4.79 Å². The summed E-state index contributed by atoms with van der Waals surface area (Å²) in [7, 11) is 0. The van der Waals surface area contributed by atoms with Crippen LogP contribution in [0.25, 0.3) is 11.1 Å². The van der Waals surface area contributed by atoms with E-state index in [1.807, 2.05) is 24.3 Å². The van der Waals surface area contributed by atoms with Gasteiger partial charge in [-0.3, -0.25) is 4.79 Å². The maximum absolute atomic E-state index is 12.1. The monoisotopic (exact) mass is 337 g/mol. The Labute approximate surface area is 145 Å². The number of carboxylic acids is 1. The highest BCUT2D eigenvalue weighted by atomic mass is 16.5. The number of aliphatic carboxylic acids is 1. The minimum atomic E-state index is -0.906. The van der Waals surface area contributed by atoms with Crippen molar-refractivity contribution in [3.05, 3.63) is 59.7 Å². The molecule has 0 radical (unpaired) electrons. The smallest absolute Gasteiger partial charge is 0.407 e. The van der Waals surface area contributed by atoms with Gasteiger partial charge in [0, 0.05) is 5.92 Å². The van der Waals surface area contributed by atoms with Crippen molar-refractivity contribution < 1.29 is 19.4 Å². The van der Waals surface area contributed by atoms with Crippen LogP contribution in [0, 0.1) is 0 Å². The van der Waals surface area contributed by atoms with Crippen LogP contribution in [0.5, 0.6) is 0 Å². The van der Waals surface area contributed by atoms with E-state index < -0.39 is 17.6 Å². The summed E-state index contributed by atoms with van der Waals surface area (Å²) >= 11 is 0. The molecule has 5 heteroatoms. The molecule has 1 fully saturated rings. The number of alkyl carbamates (subject to hydrolysis) is 1. The molecule has 2 aliphatic rings. The molecule has 1 saturated carbocycles. The Morgan fingerprint density at radius 3 is 2.12 bits per heavy atom. The van der Waals surface area contributed by atoms with Gasteiger partial charge in [-0.05, 0) is 35.1 Å². The molecule has 0 atom stereocenters. The van der Waals surface area contributed by atoms with Gasteiger partial charge in [0.05, 0.1) is 12.0 Å². The first-order valence-corrected chi connectivity index (χ1v) is 8.43. The fraction of sp³-hybridized carbons (Fsp3) is 0.300. The van der Waals surface area contributed by atoms with E-state index in [2.05, 4.69) is 29.6 Å². The van der Waals surface area contributed by atoms with Crippen molar-refractivity contribution >= 4 is 12.1 Å². The quantitative estimate of drug-likeness (QED) is 0.875. The van der Waals surface area contributed by atoms with E-state index >= 15 is 0 Å². The summed E-state index contributed by atoms with van der Waals surface area (Å²) in [5, 5.41) is 11.7. The van der Waals surface area contributed by atoms with Crippen molar-refractivity contribution in [3.63, 3.8) is 0 Å². The summed E-state index contributed by atoms with van der Waals surface area (Å²) < 4.78 is 5.45. The van der Waals surface area contributed by atoms with Gasteiger partial charge in [-0.2, -0.15) is 0 Å². The molecule has 2 aromatic carbocycles. The van der Waals surface area contributed by atoms with Gasteiger partial charge >= 0.3 is 12.1 Å². The van der Waals surface area contributed by atoms with Crippen LogP contribution in [-0.2, 0) is 9.53 Å². The Morgan fingerprint density at radius 1 is 1.04 bits per heavy atom. The number of carbonyl (C=O) groups is 2. The van der Waals surface area contributed by atoms with E-state index in [9.17, 15) is 9.59 Å². The number of ether oxygens (including phenoxy) is 1. The average molecular weight is 337 g/mol. The summed E-state index contributed by atoms with van der Waals surface area (Å²) in [6, 6.07) is 16.3. The van der Waals surface area contributed by atoms with Crippen LogP contribution in [0.4, 0.5) is 4.79 Å². The van der Waals surface area contributed by atoms with Crippen LogP contribution >= 0.6 is 0 Å². The number of hydrogen-bond acceptors (Lipinski definition) is 3. The van der Waals surface area contributed by atoms with Gasteiger partial charge in [-0.1, -0.05) is 48.5 Å².